The van der Waals surface area contributed by atoms with E-state index in [1.807, 2.05) is 51.4 Å². The van der Waals surface area contributed by atoms with E-state index in [9.17, 15) is 0 Å². The summed E-state index contributed by atoms with van der Waals surface area (Å²) in [4.78, 5) is 11.3. The molecule has 31 heavy (non-hydrogen) atoms. The van der Waals surface area contributed by atoms with E-state index in [0.717, 1.165) is 33.5 Å². The van der Waals surface area contributed by atoms with E-state index in [1.165, 1.54) is 0 Å². The van der Waals surface area contributed by atoms with E-state index in [4.69, 9.17) is 19.2 Å². The third-order valence-corrected chi connectivity index (χ3v) is 5.08. The summed E-state index contributed by atoms with van der Waals surface area (Å²) in [5, 5.41) is 0.828. The lowest BCUT2D eigenvalue weighted by molar-refractivity contribution is 0.355. The van der Waals surface area contributed by atoms with E-state index in [1.54, 1.807) is 20.4 Å². The van der Waals surface area contributed by atoms with Crippen LogP contribution >= 0.6 is 0 Å². The zero-order chi connectivity index (χ0) is 22.0. The Bertz CT molecular complexity index is 1220. The highest BCUT2D eigenvalue weighted by Gasteiger charge is 2.15. The van der Waals surface area contributed by atoms with Gasteiger partial charge in [-0.3, -0.25) is 4.98 Å². The number of anilines is 1. The quantitative estimate of drug-likeness (QED) is 0.416. The first kappa shape index (κ1) is 20.5. The first-order chi connectivity index (χ1) is 15.0. The van der Waals surface area contributed by atoms with Crippen LogP contribution in [0.4, 0.5) is 5.69 Å². The van der Waals surface area contributed by atoms with Crippen LogP contribution in [0.15, 0.2) is 60.8 Å². The monoisotopic (exact) mass is 415 g/mol. The van der Waals surface area contributed by atoms with Crippen molar-refractivity contribution in [1.29, 1.82) is 0 Å². The van der Waals surface area contributed by atoms with Crippen molar-refractivity contribution in [2.24, 2.45) is 0 Å². The standard InChI is InChI=1S/C25H25N3O3/c1-16-6-11-22(25(27-16)17-7-9-18(10-8-17)28(2)3)31-21-12-13-26-20-15-24(30-5)23(29-4)14-19(20)21/h6-15H,1-5H3. The lowest BCUT2D eigenvalue weighted by Crippen LogP contribution is -2.08. The summed E-state index contributed by atoms with van der Waals surface area (Å²) < 4.78 is 17.2. The second kappa shape index (κ2) is 8.52. The predicted molar refractivity (Wildman–Crippen MR) is 124 cm³/mol. The maximum absolute atomic E-state index is 6.37. The Morgan fingerprint density at radius 1 is 0.774 bits per heavy atom. The molecule has 0 aliphatic heterocycles. The molecule has 0 atom stereocenters. The van der Waals surface area contributed by atoms with Gasteiger partial charge in [-0.2, -0.15) is 0 Å². The van der Waals surface area contributed by atoms with Gasteiger partial charge in [-0.05, 0) is 43.3 Å². The molecule has 0 aliphatic carbocycles. The molecule has 2 aromatic carbocycles. The van der Waals surface area contributed by atoms with Gasteiger partial charge < -0.3 is 19.1 Å². The molecule has 6 heteroatoms. The topological polar surface area (TPSA) is 56.7 Å². The van der Waals surface area contributed by atoms with Crippen molar-refractivity contribution < 1.29 is 14.2 Å². The Kier molecular flexibility index (Phi) is 5.62. The van der Waals surface area contributed by atoms with Crippen molar-refractivity contribution in [2.75, 3.05) is 33.2 Å². The molecule has 4 rings (SSSR count). The summed E-state index contributed by atoms with van der Waals surface area (Å²) in [7, 11) is 7.26. The highest BCUT2D eigenvalue weighted by molar-refractivity contribution is 5.88. The van der Waals surface area contributed by atoms with Crippen LogP contribution in [0.25, 0.3) is 22.2 Å². The van der Waals surface area contributed by atoms with Gasteiger partial charge in [0.25, 0.3) is 0 Å². The van der Waals surface area contributed by atoms with Gasteiger partial charge in [-0.15, -0.1) is 0 Å². The van der Waals surface area contributed by atoms with Gasteiger partial charge in [-0.25, -0.2) is 4.98 Å². The van der Waals surface area contributed by atoms with E-state index in [2.05, 4.69) is 34.1 Å². The first-order valence-corrected chi connectivity index (χ1v) is 9.94. The van der Waals surface area contributed by atoms with Crippen molar-refractivity contribution >= 4 is 16.6 Å². The number of pyridine rings is 2. The summed E-state index contributed by atoms with van der Waals surface area (Å²) in [6.07, 6.45) is 1.72. The summed E-state index contributed by atoms with van der Waals surface area (Å²) >= 11 is 0. The fraction of sp³-hybridized carbons (Fsp3) is 0.200. The number of aromatic nitrogens is 2. The summed E-state index contributed by atoms with van der Waals surface area (Å²) in [5.74, 6) is 2.58. The van der Waals surface area contributed by atoms with Crippen LogP contribution in [0, 0.1) is 6.92 Å². The number of fused-ring (bicyclic) bond motifs is 1. The molecule has 6 nitrogen and oxygen atoms in total. The minimum atomic E-state index is 0.620. The maximum Gasteiger partial charge on any atom is 0.162 e. The first-order valence-electron chi connectivity index (χ1n) is 9.94. The maximum atomic E-state index is 6.37. The second-order valence-electron chi connectivity index (χ2n) is 7.38. The number of aryl methyl sites for hydroxylation is 1. The third-order valence-electron chi connectivity index (χ3n) is 5.08. The van der Waals surface area contributed by atoms with Crippen LogP contribution < -0.4 is 19.1 Å². The Morgan fingerprint density at radius 3 is 2.16 bits per heavy atom. The van der Waals surface area contributed by atoms with Crippen LogP contribution in [0.2, 0.25) is 0 Å². The van der Waals surface area contributed by atoms with Gasteiger partial charge in [0.2, 0.25) is 0 Å². The number of hydrogen-bond acceptors (Lipinski definition) is 6. The molecule has 0 fully saturated rings. The number of hydrogen-bond donors (Lipinski definition) is 0. The number of benzene rings is 2. The van der Waals surface area contributed by atoms with Gasteiger partial charge in [0.1, 0.15) is 11.4 Å². The molecular formula is C25H25N3O3. The van der Waals surface area contributed by atoms with Gasteiger partial charge in [0.05, 0.1) is 19.7 Å². The van der Waals surface area contributed by atoms with Gasteiger partial charge in [-0.1, -0.05) is 12.1 Å². The molecule has 0 amide bonds. The molecule has 0 bridgehead atoms. The van der Waals surface area contributed by atoms with Crippen LogP contribution in [0.1, 0.15) is 5.69 Å². The van der Waals surface area contributed by atoms with E-state index in [0.29, 0.717) is 23.0 Å². The minimum Gasteiger partial charge on any atom is -0.493 e. The zero-order valence-electron chi connectivity index (χ0n) is 18.3. The summed E-state index contributed by atoms with van der Waals surface area (Å²) in [6.45, 7) is 1.97. The Labute approximate surface area is 182 Å². The van der Waals surface area contributed by atoms with Gasteiger partial charge >= 0.3 is 0 Å². The fourth-order valence-corrected chi connectivity index (χ4v) is 3.41. The number of rotatable bonds is 6. The fourth-order valence-electron chi connectivity index (χ4n) is 3.41. The second-order valence-corrected chi connectivity index (χ2v) is 7.38. The molecule has 4 aromatic rings. The highest BCUT2D eigenvalue weighted by Crippen LogP contribution is 2.39. The van der Waals surface area contributed by atoms with Crippen molar-refractivity contribution in [3.63, 3.8) is 0 Å². The molecule has 0 radical (unpaired) electrons. The minimum absolute atomic E-state index is 0.620. The summed E-state index contributed by atoms with van der Waals surface area (Å²) in [5.41, 5.74) is 4.58. The molecule has 0 saturated carbocycles. The molecule has 158 valence electrons. The van der Waals surface area contributed by atoms with Gasteiger partial charge in [0, 0.05) is 48.7 Å². The van der Waals surface area contributed by atoms with Gasteiger partial charge in [0.15, 0.2) is 17.2 Å². The molecule has 2 heterocycles. The predicted octanol–water partition coefficient (Wildman–Crippen LogP) is 5.48. The SMILES string of the molecule is COc1cc2nccc(Oc3ccc(C)nc3-c3ccc(N(C)C)cc3)c2cc1OC. The molecule has 0 saturated heterocycles. The molecule has 0 spiro atoms. The van der Waals surface area contributed by atoms with E-state index in [-0.39, 0.29) is 0 Å². The van der Waals surface area contributed by atoms with Crippen LogP contribution in [0.3, 0.4) is 0 Å². The molecule has 0 N–H and O–H groups in total. The molecular weight excluding hydrogens is 390 g/mol. The lowest BCUT2D eigenvalue weighted by Gasteiger charge is -2.16. The smallest absolute Gasteiger partial charge is 0.162 e. The van der Waals surface area contributed by atoms with Crippen molar-refractivity contribution in [1.82, 2.24) is 9.97 Å². The van der Waals surface area contributed by atoms with Crippen molar-refractivity contribution in [2.45, 2.75) is 6.92 Å². The molecule has 0 aliphatic rings. The number of ether oxygens (including phenoxy) is 3. The largest absolute Gasteiger partial charge is 0.493 e. The van der Waals surface area contributed by atoms with Crippen LogP contribution in [-0.2, 0) is 0 Å². The number of nitrogens with zero attached hydrogens (tertiary/aromatic N) is 3. The van der Waals surface area contributed by atoms with Crippen LogP contribution in [0.5, 0.6) is 23.0 Å². The Balaban J connectivity index is 1.79. The highest BCUT2D eigenvalue weighted by atomic mass is 16.5. The van der Waals surface area contributed by atoms with Crippen molar-refractivity contribution in [3.05, 3.63) is 66.5 Å². The third kappa shape index (κ3) is 4.10. The van der Waals surface area contributed by atoms with E-state index >= 15 is 0 Å². The summed E-state index contributed by atoms with van der Waals surface area (Å²) in [6, 6.07) is 17.7. The van der Waals surface area contributed by atoms with Crippen LogP contribution in [-0.4, -0.2) is 38.3 Å². The Hall–Kier alpha value is -3.80. The Morgan fingerprint density at radius 2 is 1.48 bits per heavy atom. The van der Waals surface area contributed by atoms with Crippen molar-refractivity contribution in [3.8, 4) is 34.3 Å². The molecule has 2 aromatic heterocycles. The molecule has 0 unspecified atom stereocenters. The normalized spacial score (nSPS) is 10.7. The average Bonchev–Trinajstić information content (AvgIpc) is 2.79. The van der Waals surface area contributed by atoms with E-state index < -0.39 is 0 Å². The lowest BCUT2D eigenvalue weighted by atomic mass is 10.1. The average molecular weight is 415 g/mol. The zero-order valence-corrected chi connectivity index (χ0v) is 18.3. The number of methoxy groups -OCH3 is 2.